The minimum atomic E-state index is -0.729. The van der Waals surface area contributed by atoms with Crippen LogP contribution in [0.1, 0.15) is 40.3 Å². The zero-order valence-electron chi connectivity index (χ0n) is 16.7. The van der Waals surface area contributed by atoms with Crippen LogP contribution in [0.3, 0.4) is 0 Å². The molecule has 156 valence electrons. The molecule has 1 aliphatic rings. The first-order valence-corrected chi connectivity index (χ1v) is 9.39. The summed E-state index contributed by atoms with van der Waals surface area (Å²) in [5, 5.41) is 4.75. The van der Waals surface area contributed by atoms with Gasteiger partial charge in [0.15, 0.2) is 5.79 Å². The van der Waals surface area contributed by atoms with Gasteiger partial charge < -0.3 is 19.1 Å². The Balaban J connectivity index is 1.91. The average molecular weight is 423 g/mol. The van der Waals surface area contributed by atoms with Gasteiger partial charge in [-0.05, 0) is 19.9 Å². The molecule has 0 N–H and O–H groups in total. The van der Waals surface area contributed by atoms with Gasteiger partial charge in [-0.25, -0.2) is 4.79 Å². The fourth-order valence-electron chi connectivity index (χ4n) is 3.13. The number of nitrogens with zero attached hydrogens (tertiary/aromatic N) is 4. The van der Waals surface area contributed by atoms with Crippen molar-refractivity contribution in [3.63, 3.8) is 0 Å². The van der Waals surface area contributed by atoms with Crippen LogP contribution in [0.2, 0.25) is 5.02 Å². The Hall–Kier alpha value is -2.49. The van der Waals surface area contributed by atoms with Crippen LogP contribution < -0.4 is 0 Å². The van der Waals surface area contributed by atoms with Gasteiger partial charge in [0.2, 0.25) is 0 Å². The van der Waals surface area contributed by atoms with Gasteiger partial charge in [0.25, 0.3) is 5.91 Å². The lowest BCUT2D eigenvalue weighted by atomic mass is 10.1. The Bertz CT molecular complexity index is 914. The molecule has 0 aliphatic carbocycles. The summed E-state index contributed by atoms with van der Waals surface area (Å²) in [5.74, 6) is -1.75. The minimum Gasteiger partial charge on any atom is -0.465 e. The summed E-state index contributed by atoms with van der Waals surface area (Å²) in [6.45, 7) is 4.32. The van der Waals surface area contributed by atoms with Crippen LogP contribution in [0.25, 0.3) is 0 Å². The largest absolute Gasteiger partial charge is 0.465 e. The smallest absolute Gasteiger partial charge is 0.338 e. The molecule has 1 atom stereocenters. The summed E-state index contributed by atoms with van der Waals surface area (Å²) >= 11 is 6.24. The molecule has 0 bridgehead atoms. The molecule has 3 heterocycles. The van der Waals surface area contributed by atoms with Crippen LogP contribution in [-0.2, 0) is 27.8 Å². The number of amides is 1. The van der Waals surface area contributed by atoms with Gasteiger partial charge in [0, 0.05) is 25.6 Å². The molecule has 0 saturated carbocycles. The molecule has 1 saturated heterocycles. The Morgan fingerprint density at radius 2 is 2.17 bits per heavy atom. The number of carbonyl (C=O) groups is 2. The molecule has 3 rings (SSSR count). The van der Waals surface area contributed by atoms with E-state index in [0.717, 1.165) is 0 Å². The van der Waals surface area contributed by atoms with Crippen molar-refractivity contribution in [1.82, 2.24) is 19.7 Å². The van der Waals surface area contributed by atoms with E-state index in [9.17, 15) is 9.59 Å². The lowest BCUT2D eigenvalue weighted by Crippen LogP contribution is -2.39. The summed E-state index contributed by atoms with van der Waals surface area (Å²) in [4.78, 5) is 31.0. The number of rotatable bonds is 6. The maximum atomic E-state index is 13.4. The van der Waals surface area contributed by atoms with E-state index in [2.05, 4.69) is 10.1 Å². The van der Waals surface area contributed by atoms with Crippen LogP contribution in [0.15, 0.2) is 24.7 Å². The second-order valence-electron chi connectivity index (χ2n) is 7.15. The number of pyridine rings is 1. The molecule has 0 unspecified atom stereocenters. The number of ether oxygens (including phenoxy) is 3. The zero-order chi connectivity index (χ0) is 21.2. The molecule has 1 aliphatic heterocycles. The number of aryl methyl sites for hydroxylation is 1. The Kier molecular flexibility index (Phi) is 6.21. The molecule has 2 aromatic heterocycles. The summed E-state index contributed by atoms with van der Waals surface area (Å²) < 4.78 is 17.8. The van der Waals surface area contributed by atoms with Crippen LogP contribution in [0, 0.1) is 0 Å². The highest BCUT2D eigenvalue weighted by atomic mass is 35.5. The molecule has 29 heavy (non-hydrogen) atoms. The lowest BCUT2D eigenvalue weighted by Gasteiger charge is -2.26. The van der Waals surface area contributed by atoms with Crippen molar-refractivity contribution in [3.05, 3.63) is 46.5 Å². The van der Waals surface area contributed by atoms with E-state index < -0.39 is 17.7 Å². The van der Waals surface area contributed by atoms with Crippen molar-refractivity contribution >= 4 is 23.5 Å². The number of aromatic nitrogens is 3. The highest BCUT2D eigenvalue weighted by molar-refractivity contribution is 6.31. The predicted molar refractivity (Wildman–Crippen MR) is 103 cm³/mol. The maximum absolute atomic E-state index is 13.4. The second-order valence-corrected chi connectivity index (χ2v) is 7.55. The Morgan fingerprint density at radius 3 is 2.76 bits per heavy atom. The second kappa shape index (κ2) is 8.48. The number of carbonyl (C=O) groups excluding carboxylic acids is 2. The third-order valence-electron chi connectivity index (χ3n) is 4.43. The van der Waals surface area contributed by atoms with Crippen molar-refractivity contribution in [2.75, 3.05) is 20.3 Å². The minimum absolute atomic E-state index is 0.129. The first-order chi connectivity index (χ1) is 13.7. The lowest BCUT2D eigenvalue weighted by molar-refractivity contribution is -0.139. The SMILES string of the molecule is COC(=O)c1ccncc1C(=O)N(Cc1nn(C)cc1Cl)C[C@H]1COC(C)(C)O1. The standard InChI is InChI=1S/C19H23ClN4O5/c1-19(2)28-11-12(29-19)8-24(10-16-15(20)9-23(3)22-16)17(25)14-7-21-6-5-13(14)18(26)27-4/h5-7,9,12H,8,10-11H2,1-4H3/t12-/m0/s1. The number of hydrogen-bond donors (Lipinski definition) is 0. The third kappa shape index (κ3) is 4.92. The molecule has 9 nitrogen and oxygen atoms in total. The van der Waals surface area contributed by atoms with Crippen molar-refractivity contribution in [2.24, 2.45) is 7.05 Å². The van der Waals surface area contributed by atoms with Crippen LogP contribution in [-0.4, -0.2) is 63.7 Å². The molecular weight excluding hydrogens is 400 g/mol. The van der Waals surface area contributed by atoms with Crippen molar-refractivity contribution in [3.8, 4) is 0 Å². The molecule has 2 aromatic rings. The van der Waals surface area contributed by atoms with Gasteiger partial charge in [0.1, 0.15) is 11.8 Å². The molecule has 10 heteroatoms. The number of esters is 1. The van der Waals surface area contributed by atoms with Crippen molar-refractivity contribution in [2.45, 2.75) is 32.3 Å². The molecule has 1 fully saturated rings. The van der Waals surface area contributed by atoms with Crippen LogP contribution in [0.5, 0.6) is 0 Å². The predicted octanol–water partition coefficient (Wildman–Crippen LogP) is 2.05. The van der Waals surface area contributed by atoms with E-state index in [4.69, 9.17) is 25.8 Å². The van der Waals surface area contributed by atoms with Crippen molar-refractivity contribution < 1.29 is 23.8 Å². The summed E-state index contributed by atoms with van der Waals surface area (Å²) in [6.07, 6.45) is 4.09. The van der Waals surface area contributed by atoms with E-state index in [0.29, 0.717) is 17.3 Å². The first kappa shape index (κ1) is 21.2. The van der Waals surface area contributed by atoms with E-state index >= 15 is 0 Å². The molecule has 1 amide bonds. The monoisotopic (exact) mass is 422 g/mol. The van der Waals surface area contributed by atoms with Gasteiger partial charge in [0.05, 0.1) is 43.0 Å². The fourth-order valence-corrected chi connectivity index (χ4v) is 3.37. The molecule has 0 spiro atoms. The normalized spacial score (nSPS) is 17.9. The average Bonchev–Trinajstić information content (AvgIpc) is 3.19. The van der Waals surface area contributed by atoms with Gasteiger partial charge in [-0.2, -0.15) is 5.10 Å². The molecule has 0 aromatic carbocycles. The fraction of sp³-hybridized carbons (Fsp3) is 0.474. The highest BCUT2D eigenvalue weighted by Gasteiger charge is 2.35. The van der Waals surface area contributed by atoms with E-state index in [-0.39, 0.29) is 30.3 Å². The molecular formula is C19H23ClN4O5. The summed E-state index contributed by atoms with van der Waals surface area (Å²) in [7, 11) is 3.00. The van der Waals surface area contributed by atoms with Gasteiger partial charge in [-0.1, -0.05) is 11.6 Å². The zero-order valence-corrected chi connectivity index (χ0v) is 17.5. The maximum Gasteiger partial charge on any atom is 0.338 e. The van der Waals surface area contributed by atoms with E-state index in [1.807, 2.05) is 13.8 Å². The van der Waals surface area contributed by atoms with Crippen molar-refractivity contribution in [1.29, 1.82) is 0 Å². The Labute approximate surface area is 173 Å². The number of methoxy groups -OCH3 is 1. The van der Waals surface area contributed by atoms with Gasteiger partial charge >= 0.3 is 5.97 Å². The highest BCUT2D eigenvalue weighted by Crippen LogP contribution is 2.25. The van der Waals surface area contributed by atoms with E-state index in [1.54, 1.807) is 17.9 Å². The third-order valence-corrected chi connectivity index (χ3v) is 4.75. The quantitative estimate of drug-likeness (QED) is 0.657. The number of halogens is 1. The topological polar surface area (TPSA) is 95.8 Å². The molecule has 0 radical (unpaired) electrons. The van der Waals surface area contributed by atoms with Gasteiger partial charge in [-0.3, -0.25) is 14.5 Å². The van der Waals surface area contributed by atoms with Crippen LogP contribution in [0.4, 0.5) is 0 Å². The Morgan fingerprint density at radius 1 is 1.41 bits per heavy atom. The summed E-state index contributed by atoms with van der Waals surface area (Å²) in [6, 6.07) is 1.45. The van der Waals surface area contributed by atoms with Gasteiger partial charge in [-0.15, -0.1) is 0 Å². The first-order valence-electron chi connectivity index (χ1n) is 9.01. The van der Waals surface area contributed by atoms with E-state index in [1.165, 1.54) is 30.5 Å². The van der Waals surface area contributed by atoms with Crippen LogP contribution >= 0.6 is 11.6 Å². The summed E-state index contributed by atoms with van der Waals surface area (Å²) in [5.41, 5.74) is 0.794. The number of hydrogen-bond acceptors (Lipinski definition) is 7.